The zero-order valence-corrected chi connectivity index (χ0v) is 13.4. The van der Waals surface area contributed by atoms with E-state index in [0.29, 0.717) is 22.0 Å². The lowest BCUT2D eigenvalue weighted by molar-refractivity contribution is -0.146. The number of nitrogens with zero attached hydrogens (tertiary/aromatic N) is 2. The molecule has 1 aromatic rings. The second-order valence-corrected chi connectivity index (χ2v) is 5.88. The number of anilines is 1. The number of carboxylic acids is 1. The number of amides is 1. The fraction of sp³-hybridized carbons (Fsp3) is 0.333. The molecule has 0 aromatic carbocycles. The highest BCUT2D eigenvalue weighted by Crippen LogP contribution is 2.28. The molecule has 0 saturated heterocycles. The molecular formula is C12H11Br2N3O3. The second kappa shape index (κ2) is 6.45. The lowest BCUT2D eigenvalue weighted by Gasteiger charge is -2.24. The van der Waals surface area contributed by atoms with Crippen LogP contribution in [0.2, 0.25) is 0 Å². The molecule has 0 radical (unpaired) electrons. The summed E-state index contributed by atoms with van der Waals surface area (Å²) in [5.74, 6) is -2.36. The molecule has 2 unspecified atom stereocenters. The maximum atomic E-state index is 12.2. The van der Waals surface area contributed by atoms with E-state index >= 15 is 0 Å². The van der Waals surface area contributed by atoms with E-state index in [2.05, 4.69) is 47.1 Å². The smallest absolute Gasteiger partial charge is 0.307 e. The number of carbonyl (C=O) groups excluding carboxylic acids is 1. The van der Waals surface area contributed by atoms with Crippen molar-refractivity contribution in [2.45, 2.75) is 12.8 Å². The van der Waals surface area contributed by atoms with Gasteiger partial charge in [0, 0.05) is 0 Å². The monoisotopic (exact) mass is 403 g/mol. The quantitative estimate of drug-likeness (QED) is 0.755. The van der Waals surface area contributed by atoms with Gasteiger partial charge < -0.3 is 10.4 Å². The van der Waals surface area contributed by atoms with Gasteiger partial charge in [-0.05, 0) is 44.7 Å². The van der Waals surface area contributed by atoms with Crippen LogP contribution in [0, 0.1) is 11.8 Å². The van der Waals surface area contributed by atoms with Crippen LogP contribution in [0.4, 0.5) is 5.82 Å². The third-order valence-electron chi connectivity index (χ3n) is 3.03. The highest BCUT2D eigenvalue weighted by atomic mass is 79.9. The number of nitrogens with one attached hydrogen (secondary N) is 1. The van der Waals surface area contributed by atoms with Gasteiger partial charge in [0.2, 0.25) is 5.91 Å². The van der Waals surface area contributed by atoms with Crippen molar-refractivity contribution in [3.63, 3.8) is 0 Å². The highest BCUT2D eigenvalue weighted by Gasteiger charge is 2.34. The lowest BCUT2D eigenvalue weighted by Crippen LogP contribution is -2.35. The fourth-order valence-electron chi connectivity index (χ4n) is 2.02. The normalized spacial score (nSPS) is 21.5. The van der Waals surface area contributed by atoms with E-state index in [9.17, 15) is 9.59 Å². The topological polar surface area (TPSA) is 92.2 Å². The summed E-state index contributed by atoms with van der Waals surface area (Å²) in [7, 11) is 0. The van der Waals surface area contributed by atoms with E-state index in [0.717, 1.165) is 0 Å². The van der Waals surface area contributed by atoms with E-state index < -0.39 is 17.8 Å². The summed E-state index contributed by atoms with van der Waals surface area (Å²) in [5, 5.41) is 11.8. The molecule has 6 nitrogen and oxygen atoms in total. The van der Waals surface area contributed by atoms with Crippen molar-refractivity contribution in [1.29, 1.82) is 0 Å². The number of allylic oxidation sites excluding steroid dienone is 2. The minimum atomic E-state index is -0.963. The minimum Gasteiger partial charge on any atom is -0.481 e. The van der Waals surface area contributed by atoms with Gasteiger partial charge in [-0.25, -0.2) is 9.97 Å². The average molecular weight is 405 g/mol. The Kier molecular flexibility index (Phi) is 4.87. The van der Waals surface area contributed by atoms with Crippen LogP contribution in [-0.2, 0) is 9.59 Å². The standard InChI is InChI=1S/C12H11Br2N3O3/c13-8-5-15-10(9(14)16-8)17-11(18)6-3-1-2-4-7(6)12(19)20/h1-2,5-7H,3-4H2,(H,19,20)(H,15,17,18). The number of hydrogen-bond acceptors (Lipinski definition) is 4. The predicted molar refractivity (Wildman–Crippen MR) is 79.1 cm³/mol. The van der Waals surface area contributed by atoms with Crippen molar-refractivity contribution in [3.05, 3.63) is 27.6 Å². The van der Waals surface area contributed by atoms with E-state index in [1.54, 1.807) is 6.08 Å². The Morgan fingerprint density at radius 3 is 2.50 bits per heavy atom. The van der Waals surface area contributed by atoms with Crippen molar-refractivity contribution in [3.8, 4) is 0 Å². The van der Waals surface area contributed by atoms with E-state index in [4.69, 9.17) is 5.11 Å². The largest absolute Gasteiger partial charge is 0.481 e. The Bertz CT molecular complexity index is 577. The van der Waals surface area contributed by atoms with Gasteiger partial charge in [0.25, 0.3) is 0 Å². The van der Waals surface area contributed by atoms with Crippen LogP contribution >= 0.6 is 31.9 Å². The highest BCUT2D eigenvalue weighted by molar-refractivity contribution is 9.11. The van der Waals surface area contributed by atoms with Crippen LogP contribution in [0.1, 0.15) is 12.8 Å². The molecule has 8 heteroatoms. The van der Waals surface area contributed by atoms with Gasteiger partial charge >= 0.3 is 5.97 Å². The van der Waals surface area contributed by atoms with Crippen LogP contribution < -0.4 is 5.32 Å². The lowest BCUT2D eigenvalue weighted by atomic mass is 9.82. The SMILES string of the molecule is O=C(O)C1CC=CCC1C(=O)Nc1ncc(Br)nc1Br. The number of carbonyl (C=O) groups is 2. The summed E-state index contributed by atoms with van der Waals surface area (Å²) in [6, 6.07) is 0. The molecule has 106 valence electrons. The molecule has 1 aliphatic rings. The number of halogens is 2. The maximum absolute atomic E-state index is 12.2. The minimum absolute atomic E-state index is 0.275. The zero-order chi connectivity index (χ0) is 14.7. The van der Waals surface area contributed by atoms with Crippen LogP contribution in [0.15, 0.2) is 27.6 Å². The molecule has 20 heavy (non-hydrogen) atoms. The fourth-order valence-corrected chi connectivity index (χ4v) is 2.93. The van der Waals surface area contributed by atoms with Crippen LogP contribution in [-0.4, -0.2) is 27.0 Å². The van der Waals surface area contributed by atoms with E-state index in [1.807, 2.05) is 6.08 Å². The Hall–Kier alpha value is -1.28. The van der Waals surface area contributed by atoms with Crippen molar-refractivity contribution in [1.82, 2.24) is 9.97 Å². The van der Waals surface area contributed by atoms with Gasteiger partial charge in [0.05, 0.1) is 18.0 Å². The summed E-state index contributed by atoms with van der Waals surface area (Å²) in [5.41, 5.74) is 0. The van der Waals surface area contributed by atoms with E-state index in [-0.39, 0.29) is 11.7 Å². The third kappa shape index (κ3) is 3.43. The molecule has 0 aliphatic heterocycles. The van der Waals surface area contributed by atoms with Gasteiger partial charge in [-0.1, -0.05) is 12.2 Å². The van der Waals surface area contributed by atoms with Gasteiger partial charge in [0.1, 0.15) is 9.21 Å². The molecule has 0 bridgehead atoms. The van der Waals surface area contributed by atoms with Gasteiger partial charge in [-0.3, -0.25) is 9.59 Å². The number of rotatable bonds is 3. The first kappa shape index (κ1) is 15.1. The molecule has 2 N–H and O–H groups in total. The number of aromatic nitrogens is 2. The third-order valence-corrected chi connectivity index (χ3v) is 3.96. The van der Waals surface area contributed by atoms with Crippen molar-refractivity contribution in [2.75, 3.05) is 5.32 Å². The van der Waals surface area contributed by atoms with Crippen molar-refractivity contribution >= 4 is 49.6 Å². The molecule has 0 saturated carbocycles. The van der Waals surface area contributed by atoms with Gasteiger partial charge in [-0.2, -0.15) is 0 Å². The zero-order valence-electron chi connectivity index (χ0n) is 10.2. The molecule has 2 atom stereocenters. The molecular weight excluding hydrogens is 394 g/mol. The van der Waals surface area contributed by atoms with Gasteiger partial charge in [-0.15, -0.1) is 0 Å². The first-order valence-corrected chi connectivity index (χ1v) is 7.44. The summed E-state index contributed by atoms with van der Waals surface area (Å²) < 4.78 is 0.921. The average Bonchev–Trinajstić information content (AvgIpc) is 2.41. The van der Waals surface area contributed by atoms with Crippen LogP contribution in [0.25, 0.3) is 0 Å². The predicted octanol–water partition coefficient (Wildman–Crippen LogP) is 2.61. The molecule has 0 fully saturated rings. The first-order chi connectivity index (χ1) is 9.49. The molecule has 1 aromatic heterocycles. The summed E-state index contributed by atoms with van der Waals surface area (Å²) >= 11 is 6.36. The number of aliphatic carboxylic acids is 1. The molecule has 2 rings (SSSR count). The Balaban J connectivity index is 2.14. The maximum Gasteiger partial charge on any atom is 0.307 e. The van der Waals surface area contributed by atoms with Crippen molar-refractivity contribution in [2.24, 2.45) is 11.8 Å². The molecule has 1 aliphatic carbocycles. The first-order valence-electron chi connectivity index (χ1n) is 5.85. The number of carboxylic acid groups (broad SMARTS) is 1. The Morgan fingerprint density at radius 1 is 1.25 bits per heavy atom. The number of hydrogen-bond donors (Lipinski definition) is 2. The van der Waals surface area contributed by atoms with Crippen LogP contribution in [0.5, 0.6) is 0 Å². The summed E-state index contributed by atoms with van der Waals surface area (Å²) in [6.07, 6.45) is 5.84. The molecule has 1 heterocycles. The Morgan fingerprint density at radius 2 is 1.90 bits per heavy atom. The molecule has 1 amide bonds. The van der Waals surface area contributed by atoms with Crippen LogP contribution in [0.3, 0.4) is 0 Å². The van der Waals surface area contributed by atoms with E-state index in [1.165, 1.54) is 6.20 Å². The van der Waals surface area contributed by atoms with Gasteiger partial charge in [0.15, 0.2) is 5.82 Å². The van der Waals surface area contributed by atoms with Crippen molar-refractivity contribution < 1.29 is 14.7 Å². The summed E-state index contributed by atoms with van der Waals surface area (Å²) in [4.78, 5) is 31.5. The molecule has 0 spiro atoms. The Labute approximate surface area is 131 Å². The second-order valence-electron chi connectivity index (χ2n) is 4.32. The summed E-state index contributed by atoms with van der Waals surface area (Å²) in [6.45, 7) is 0.